The SMILES string of the molecule is CCN(C1CCN(Cc2cnc(N)s2)CC1)S(C)(=O)=O.Cl. The van der Waals surface area contributed by atoms with Crippen LogP contribution in [0.5, 0.6) is 0 Å². The third-order valence-electron chi connectivity index (χ3n) is 3.65. The third-order valence-corrected chi connectivity index (χ3v) is 5.87. The number of piperidine rings is 1. The fraction of sp³-hybridized carbons (Fsp3) is 0.750. The molecule has 6 nitrogen and oxygen atoms in total. The maximum absolute atomic E-state index is 11.7. The number of hydrogen-bond acceptors (Lipinski definition) is 6. The van der Waals surface area contributed by atoms with Crippen molar-refractivity contribution in [2.45, 2.75) is 32.4 Å². The molecule has 0 atom stereocenters. The Morgan fingerprint density at radius 1 is 1.48 bits per heavy atom. The van der Waals surface area contributed by atoms with Gasteiger partial charge in [-0.1, -0.05) is 6.92 Å². The second-order valence-corrected chi connectivity index (χ2v) is 8.22. The number of hydrogen-bond donors (Lipinski definition) is 1. The van der Waals surface area contributed by atoms with Gasteiger partial charge in [-0.15, -0.1) is 23.7 Å². The predicted octanol–water partition coefficient (Wildman–Crippen LogP) is 1.39. The molecule has 1 aromatic rings. The average Bonchev–Trinajstić information content (AvgIpc) is 2.76. The Bertz CT molecular complexity index is 541. The van der Waals surface area contributed by atoms with E-state index in [-0.39, 0.29) is 18.4 Å². The van der Waals surface area contributed by atoms with Crippen molar-refractivity contribution in [2.75, 3.05) is 31.6 Å². The number of nitrogens with zero attached hydrogens (tertiary/aromatic N) is 3. The molecule has 1 aromatic heterocycles. The first kappa shape index (κ1) is 18.6. The molecule has 2 N–H and O–H groups in total. The molecule has 9 heteroatoms. The molecular formula is C12H23ClN4O2S2. The molecule has 0 radical (unpaired) electrons. The van der Waals surface area contributed by atoms with Crippen molar-refractivity contribution in [3.63, 3.8) is 0 Å². The summed E-state index contributed by atoms with van der Waals surface area (Å²) in [6.07, 6.45) is 4.88. The lowest BCUT2D eigenvalue weighted by Gasteiger charge is -2.36. The van der Waals surface area contributed by atoms with Gasteiger partial charge in [-0.05, 0) is 12.8 Å². The highest BCUT2D eigenvalue weighted by Gasteiger charge is 2.28. The highest BCUT2D eigenvalue weighted by atomic mass is 35.5. The number of aromatic nitrogens is 1. The van der Waals surface area contributed by atoms with E-state index in [4.69, 9.17) is 5.73 Å². The number of thiazole rings is 1. The minimum Gasteiger partial charge on any atom is -0.375 e. The zero-order valence-electron chi connectivity index (χ0n) is 12.4. The van der Waals surface area contributed by atoms with E-state index in [1.807, 2.05) is 13.1 Å². The zero-order chi connectivity index (χ0) is 14.8. The minimum absolute atomic E-state index is 0. The molecule has 0 aliphatic carbocycles. The lowest BCUT2D eigenvalue weighted by atomic mass is 10.1. The normalized spacial score (nSPS) is 17.9. The molecular weight excluding hydrogens is 332 g/mol. The summed E-state index contributed by atoms with van der Waals surface area (Å²) in [6, 6.07) is 0.137. The van der Waals surface area contributed by atoms with Crippen LogP contribution in [0, 0.1) is 0 Å². The highest BCUT2D eigenvalue weighted by molar-refractivity contribution is 7.88. The van der Waals surface area contributed by atoms with Crippen LogP contribution in [0.2, 0.25) is 0 Å². The van der Waals surface area contributed by atoms with Gasteiger partial charge in [-0.3, -0.25) is 4.90 Å². The number of halogens is 1. The molecule has 1 aliphatic rings. The van der Waals surface area contributed by atoms with Gasteiger partial charge in [0.05, 0.1) is 6.26 Å². The van der Waals surface area contributed by atoms with E-state index in [0.717, 1.165) is 37.4 Å². The summed E-state index contributed by atoms with van der Waals surface area (Å²) in [5.74, 6) is 0. The van der Waals surface area contributed by atoms with Gasteiger partial charge in [0, 0.05) is 43.3 Å². The molecule has 1 saturated heterocycles. The van der Waals surface area contributed by atoms with Crippen LogP contribution in [0.3, 0.4) is 0 Å². The summed E-state index contributed by atoms with van der Waals surface area (Å²) in [5, 5.41) is 0.601. The van der Waals surface area contributed by atoms with E-state index in [9.17, 15) is 8.42 Å². The number of anilines is 1. The number of sulfonamides is 1. The van der Waals surface area contributed by atoms with Crippen LogP contribution in [0.1, 0.15) is 24.6 Å². The van der Waals surface area contributed by atoms with Crippen molar-refractivity contribution in [3.8, 4) is 0 Å². The molecule has 1 aliphatic heterocycles. The maximum Gasteiger partial charge on any atom is 0.211 e. The summed E-state index contributed by atoms with van der Waals surface area (Å²) < 4.78 is 25.1. The third kappa shape index (κ3) is 5.07. The molecule has 0 aromatic carbocycles. The fourth-order valence-electron chi connectivity index (χ4n) is 2.75. The second kappa shape index (κ2) is 7.73. The molecule has 21 heavy (non-hydrogen) atoms. The molecule has 0 saturated carbocycles. The van der Waals surface area contributed by atoms with E-state index in [0.29, 0.717) is 11.7 Å². The lowest BCUT2D eigenvalue weighted by Crippen LogP contribution is -2.46. The van der Waals surface area contributed by atoms with Crippen LogP contribution in [0.4, 0.5) is 5.13 Å². The molecule has 1 fully saturated rings. The quantitative estimate of drug-likeness (QED) is 0.864. The summed E-state index contributed by atoms with van der Waals surface area (Å²) >= 11 is 1.52. The number of likely N-dealkylation sites (tertiary alicyclic amines) is 1. The zero-order valence-corrected chi connectivity index (χ0v) is 14.8. The van der Waals surface area contributed by atoms with Crippen molar-refractivity contribution in [1.82, 2.24) is 14.2 Å². The number of rotatable bonds is 5. The summed E-state index contributed by atoms with van der Waals surface area (Å²) in [6.45, 7) is 5.12. The van der Waals surface area contributed by atoms with Gasteiger partial charge < -0.3 is 5.73 Å². The maximum atomic E-state index is 11.7. The summed E-state index contributed by atoms with van der Waals surface area (Å²) in [5.41, 5.74) is 5.63. The number of nitrogens with two attached hydrogens (primary N) is 1. The molecule has 0 bridgehead atoms. The van der Waals surface area contributed by atoms with Crippen LogP contribution < -0.4 is 5.73 Å². The first-order valence-electron chi connectivity index (χ1n) is 6.79. The van der Waals surface area contributed by atoms with Gasteiger partial charge in [0.2, 0.25) is 10.0 Å². The minimum atomic E-state index is -3.10. The molecule has 0 unspecified atom stereocenters. The summed E-state index contributed by atoms with van der Waals surface area (Å²) in [4.78, 5) is 7.55. The van der Waals surface area contributed by atoms with Crippen LogP contribution in [-0.2, 0) is 16.6 Å². The summed E-state index contributed by atoms with van der Waals surface area (Å²) in [7, 11) is -3.10. The highest BCUT2D eigenvalue weighted by Crippen LogP contribution is 2.22. The Balaban J connectivity index is 0.00000220. The first-order valence-corrected chi connectivity index (χ1v) is 9.46. The van der Waals surface area contributed by atoms with Crippen molar-refractivity contribution in [3.05, 3.63) is 11.1 Å². The molecule has 0 amide bonds. The number of nitrogen functional groups attached to an aromatic ring is 1. The molecule has 2 heterocycles. The van der Waals surface area contributed by atoms with E-state index >= 15 is 0 Å². The topological polar surface area (TPSA) is 79.5 Å². The Kier molecular flexibility index (Phi) is 6.86. The van der Waals surface area contributed by atoms with E-state index in [1.54, 1.807) is 4.31 Å². The van der Waals surface area contributed by atoms with E-state index < -0.39 is 10.0 Å². The van der Waals surface area contributed by atoms with Crippen molar-refractivity contribution < 1.29 is 8.42 Å². The molecule has 122 valence electrons. The molecule has 0 spiro atoms. The van der Waals surface area contributed by atoms with Gasteiger partial charge >= 0.3 is 0 Å². The molecule has 2 rings (SSSR count). The Labute approximate surface area is 136 Å². The first-order chi connectivity index (χ1) is 9.40. The van der Waals surface area contributed by atoms with E-state index in [1.165, 1.54) is 17.6 Å². The Hall–Kier alpha value is -0.410. The fourth-order valence-corrected chi connectivity index (χ4v) is 4.69. The van der Waals surface area contributed by atoms with Crippen molar-refractivity contribution in [1.29, 1.82) is 0 Å². The van der Waals surface area contributed by atoms with Crippen LogP contribution >= 0.6 is 23.7 Å². The van der Waals surface area contributed by atoms with Crippen molar-refractivity contribution in [2.24, 2.45) is 0 Å². The Morgan fingerprint density at radius 3 is 2.52 bits per heavy atom. The monoisotopic (exact) mass is 354 g/mol. The smallest absolute Gasteiger partial charge is 0.211 e. The lowest BCUT2D eigenvalue weighted by molar-refractivity contribution is 0.157. The van der Waals surface area contributed by atoms with Crippen molar-refractivity contribution >= 4 is 38.9 Å². The average molecular weight is 355 g/mol. The van der Waals surface area contributed by atoms with Crippen LogP contribution in [0.25, 0.3) is 0 Å². The van der Waals surface area contributed by atoms with Gasteiger partial charge in [0.1, 0.15) is 0 Å². The van der Waals surface area contributed by atoms with Crippen LogP contribution in [0.15, 0.2) is 6.20 Å². The largest absolute Gasteiger partial charge is 0.375 e. The van der Waals surface area contributed by atoms with Gasteiger partial charge in [-0.2, -0.15) is 4.31 Å². The van der Waals surface area contributed by atoms with Gasteiger partial charge in [-0.25, -0.2) is 13.4 Å². The predicted molar refractivity (Wildman–Crippen MR) is 89.3 cm³/mol. The Morgan fingerprint density at radius 2 is 2.10 bits per heavy atom. The second-order valence-electron chi connectivity index (χ2n) is 5.14. The standard InChI is InChI=1S/C12H22N4O2S2.ClH/c1-3-16(20(2,17)18)10-4-6-15(7-5-10)9-11-8-14-12(13)19-11;/h8,10H,3-7,9H2,1-2H3,(H2,13,14);1H. The van der Waals surface area contributed by atoms with Gasteiger partial charge in [0.25, 0.3) is 0 Å². The van der Waals surface area contributed by atoms with E-state index in [2.05, 4.69) is 9.88 Å². The van der Waals surface area contributed by atoms with Gasteiger partial charge in [0.15, 0.2) is 5.13 Å². The van der Waals surface area contributed by atoms with Crippen LogP contribution in [-0.4, -0.2) is 54.5 Å².